The molecule has 2 fully saturated rings. The molecule has 4 unspecified atom stereocenters. The van der Waals surface area contributed by atoms with Crippen LogP contribution in [0.3, 0.4) is 0 Å². The van der Waals surface area contributed by atoms with Crippen LogP contribution in [0.1, 0.15) is 53.4 Å². The molecule has 19 heavy (non-hydrogen) atoms. The molecule has 2 heterocycles. The molecule has 2 nitrogen and oxygen atoms in total. The zero-order chi connectivity index (χ0) is 13.9. The molecule has 0 aliphatic carbocycles. The first-order valence-electron chi connectivity index (χ1n) is 8.41. The predicted molar refractivity (Wildman–Crippen MR) is 83.5 cm³/mol. The van der Waals surface area contributed by atoms with Gasteiger partial charge in [-0.3, -0.25) is 0 Å². The molecule has 0 N–H and O–H groups in total. The summed E-state index contributed by atoms with van der Waals surface area (Å²) in [6.07, 6.45) is 7.95. The Morgan fingerprint density at radius 3 is 1.42 bits per heavy atom. The third kappa shape index (κ3) is 4.89. The Balaban J connectivity index is 1.96. The normalized spacial score (nSPS) is 33.5. The average molecular weight is 375 g/mol. The van der Waals surface area contributed by atoms with Gasteiger partial charge in [0.1, 0.15) is 0 Å². The van der Waals surface area contributed by atoms with Gasteiger partial charge in [-0.2, -0.15) is 0 Å². The Hall–Kier alpha value is 0.719. The minimum atomic E-state index is -2.02. The van der Waals surface area contributed by atoms with Crippen LogP contribution >= 0.6 is 0 Å². The number of hydrogen-bond acceptors (Lipinski definition) is 2. The number of unbranched alkanes of at least 4 members (excludes halogenated alkanes) is 2. The van der Waals surface area contributed by atoms with Crippen LogP contribution in [0.2, 0.25) is 17.7 Å². The van der Waals surface area contributed by atoms with Gasteiger partial charge in [-0.05, 0) is 0 Å². The van der Waals surface area contributed by atoms with Gasteiger partial charge in [-0.1, -0.05) is 0 Å². The molecule has 2 aliphatic heterocycles. The van der Waals surface area contributed by atoms with Crippen molar-refractivity contribution in [2.45, 2.75) is 95.5 Å². The molecule has 0 saturated carbocycles. The van der Waals surface area contributed by atoms with Crippen molar-refractivity contribution in [3.8, 4) is 0 Å². The van der Waals surface area contributed by atoms with Gasteiger partial charge in [-0.15, -0.1) is 0 Å². The molecule has 2 aliphatic rings. The first-order valence-corrected chi connectivity index (χ1v) is 16.5. The van der Waals surface area contributed by atoms with Crippen molar-refractivity contribution < 1.29 is 9.47 Å². The van der Waals surface area contributed by atoms with E-state index >= 15 is 0 Å². The second-order valence-electron chi connectivity index (χ2n) is 6.87. The Labute approximate surface area is 123 Å². The zero-order valence-corrected chi connectivity index (χ0v) is 16.1. The van der Waals surface area contributed by atoms with Crippen molar-refractivity contribution in [2.24, 2.45) is 0 Å². The van der Waals surface area contributed by atoms with Crippen molar-refractivity contribution in [1.82, 2.24) is 0 Å². The van der Waals surface area contributed by atoms with Crippen LogP contribution in [-0.2, 0) is 9.47 Å². The molecule has 0 amide bonds. The minimum absolute atomic E-state index is 0.553. The van der Waals surface area contributed by atoms with E-state index in [4.69, 9.17) is 9.47 Å². The second-order valence-corrected chi connectivity index (χ2v) is 20.6. The van der Waals surface area contributed by atoms with Gasteiger partial charge in [0, 0.05) is 0 Å². The molecule has 0 bridgehead atoms. The summed E-state index contributed by atoms with van der Waals surface area (Å²) < 4.78 is 17.6. The summed E-state index contributed by atoms with van der Waals surface area (Å²) in [6.45, 7) is 9.17. The first kappa shape index (κ1) is 16.1. The third-order valence-corrected chi connectivity index (χ3v) is 20.4. The summed E-state index contributed by atoms with van der Waals surface area (Å²) in [7, 11) is 0. The maximum atomic E-state index is 5.77. The SMILES string of the molecule is CCC[CH2][Sn]([CH2]CCC)([CH2]C1OC1C)[CH2]C1OC1C. The molecule has 4 atom stereocenters. The average Bonchev–Trinajstić information content (AvgIpc) is 3.26. The molecule has 2 saturated heterocycles. The summed E-state index contributed by atoms with van der Waals surface area (Å²) in [5.74, 6) is 0. The maximum absolute atomic E-state index is 5.77. The van der Waals surface area contributed by atoms with Crippen molar-refractivity contribution in [1.29, 1.82) is 0 Å². The standard InChI is InChI=1S/2C4H7O.2C4H9.Sn/c2*1-3-4(2)5-3;2*1-3-4-2;/h2*3-4H,1H2,2H3;2*1,3-4H2,2H3;. The zero-order valence-electron chi connectivity index (χ0n) is 13.3. The molecular formula is C16H32O2Sn. The second kappa shape index (κ2) is 7.13. The molecule has 112 valence electrons. The number of ether oxygens (including phenoxy) is 2. The predicted octanol–water partition coefficient (Wildman–Crippen LogP) is 4.61. The van der Waals surface area contributed by atoms with Crippen molar-refractivity contribution in [2.75, 3.05) is 0 Å². The summed E-state index contributed by atoms with van der Waals surface area (Å²) in [5, 5.41) is 0. The Morgan fingerprint density at radius 2 is 1.16 bits per heavy atom. The molecule has 0 radical (unpaired) electrons. The molecule has 0 aromatic heterocycles. The van der Waals surface area contributed by atoms with Gasteiger partial charge in [0.05, 0.1) is 0 Å². The fourth-order valence-electron chi connectivity index (χ4n) is 3.46. The van der Waals surface area contributed by atoms with Crippen molar-refractivity contribution in [3.63, 3.8) is 0 Å². The monoisotopic (exact) mass is 376 g/mol. The molecular weight excluding hydrogens is 343 g/mol. The Kier molecular flexibility index (Phi) is 6.04. The van der Waals surface area contributed by atoms with E-state index in [1.165, 1.54) is 34.6 Å². The van der Waals surface area contributed by atoms with E-state index in [2.05, 4.69) is 27.7 Å². The van der Waals surface area contributed by atoms with Gasteiger partial charge < -0.3 is 0 Å². The fraction of sp³-hybridized carbons (Fsp3) is 1.00. The topological polar surface area (TPSA) is 25.1 Å². The van der Waals surface area contributed by atoms with Crippen LogP contribution in [0.25, 0.3) is 0 Å². The van der Waals surface area contributed by atoms with E-state index in [1.54, 1.807) is 8.87 Å². The van der Waals surface area contributed by atoms with Crippen LogP contribution in [0.15, 0.2) is 0 Å². The summed E-state index contributed by atoms with van der Waals surface area (Å²) in [6, 6.07) is 0. The van der Waals surface area contributed by atoms with Gasteiger partial charge in [-0.25, -0.2) is 0 Å². The van der Waals surface area contributed by atoms with Gasteiger partial charge in [0.2, 0.25) is 0 Å². The van der Waals surface area contributed by atoms with Crippen LogP contribution in [0.5, 0.6) is 0 Å². The first-order chi connectivity index (χ1) is 9.10. The van der Waals surface area contributed by atoms with E-state index in [0.29, 0.717) is 24.4 Å². The van der Waals surface area contributed by atoms with E-state index in [0.717, 1.165) is 0 Å². The molecule has 0 aromatic carbocycles. The molecule has 2 rings (SSSR count). The van der Waals surface area contributed by atoms with E-state index in [-0.39, 0.29) is 0 Å². The van der Waals surface area contributed by atoms with E-state index < -0.39 is 18.4 Å². The summed E-state index contributed by atoms with van der Waals surface area (Å²) in [5.41, 5.74) is 0. The van der Waals surface area contributed by atoms with E-state index in [9.17, 15) is 0 Å². The molecule has 0 aromatic rings. The van der Waals surface area contributed by atoms with Crippen LogP contribution < -0.4 is 0 Å². The van der Waals surface area contributed by atoms with Gasteiger partial charge in [0.15, 0.2) is 0 Å². The van der Waals surface area contributed by atoms with Gasteiger partial charge >= 0.3 is 123 Å². The quantitative estimate of drug-likeness (QED) is 0.412. The summed E-state index contributed by atoms with van der Waals surface area (Å²) in [4.78, 5) is 0. The Morgan fingerprint density at radius 1 is 0.789 bits per heavy atom. The molecule has 0 spiro atoms. The number of epoxide rings is 2. The fourth-order valence-corrected chi connectivity index (χ4v) is 20.6. The molecule has 3 heteroatoms. The number of hydrogen-bond donors (Lipinski definition) is 0. The number of rotatable bonds is 10. The van der Waals surface area contributed by atoms with Crippen LogP contribution in [-0.4, -0.2) is 42.8 Å². The third-order valence-electron chi connectivity index (χ3n) is 5.06. The summed E-state index contributed by atoms with van der Waals surface area (Å²) >= 11 is -2.02. The van der Waals surface area contributed by atoms with Gasteiger partial charge in [0.25, 0.3) is 0 Å². The van der Waals surface area contributed by atoms with Crippen LogP contribution in [0, 0.1) is 0 Å². The van der Waals surface area contributed by atoms with E-state index in [1.807, 2.05) is 0 Å². The van der Waals surface area contributed by atoms with Crippen molar-refractivity contribution in [3.05, 3.63) is 0 Å². The van der Waals surface area contributed by atoms with Crippen molar-refractivity contribution >= 4 is 18.4 Å². The van der Waals surface area contributed by atoms with Crippen LogP contribution in [0.4, 0.5) is 0 Å². The Bertz CT molecular complexity index is 254.